The minimum absolute atomic E-state index is 0.274. The van der Waals surface area contributed by atoms with Gasteiger partial charge in [-0.15, -0.1) is 0 Å². The van der Waals surface area contributed by atoms with E-state index in [9.17, 15) is 9.46 Å². The molecule has 13 heteroatoms. The van der Waals surface area contributed by atoms with E-state index in [1.54, 1.807) is 42.9 Å². The monoisotopic (exact) mass is 562 g/mol. The predicted octanol–water partition coefficient (Wildman–Crippen LogP) is 3.65. The van der Waals surface area contributed by atoms with Crippen molar-refractivity contribution in [2.75, 3.05) is 12.8 Å². The molecular weight excluding hydrogens is 541 g/mol. The molecular formula is C22H22BrN5O6P+. The number of halogens is 1. The lowest BCUT2D eigenvalue weighted by Gasteiger charge is -2.09. The molecule has 0 saturated heterocycles. The lowest BCUT2D eigenvalue weighted by Crippen LogP contribution is -2.38. The molecule has 0 fully saturated rings. The van der Waals surface area contributed by atoms with Gasteiger partial charge in [0.25, 0.3) is 5.82 Å². The van der Waals surface area contributed by atoms with E-state index in [1.165, 1.54) is 4.57 Å². The zero-order chi connectivity index (χ0) is 24.8. The summed E-state index contributed by atoms with van der Waals surface area (Å²) in [6, 6.07) is 12.7. The first kappa shape index (κ1) is 25.0. The Bertz CT molecular complexity index is 1350. The van der Waals surface area contributed by atoms with Crippen LogP contribution in [0, 0.1) is 0 Å². The molecule has 0 aliphatic rings. The number of phosphoric acid groups is 1. The Morgan fingerprint density at radius 3 is 2.80 bits per heavy atom. The summed E-state index contributed by atoms with van der Waals surface area (Å²) in [6.45, 7) is 0.103. The highest BCUT2D eigenvalue weighted by Gasteiger charge is 2.22. The van der Waals surface area contributed by atoms with Gasteiger partial charge in [-0.1, -0.05) is 11.2 Å². The Balaban J connectivity index is 1.39. The molecule has 1 atom stereocenters. The van der Waals surface area contributed by atoms with Crippen molar-refractivity contribution >= 4 is 29.6 Å². The fourth-order valence-electron chi connectivity index (χ4n) is 3.09. The maximum Gasteiger partial charge on any atom is 0.475 e. The molecule has 0 spiro atoms. The standard InChI is InChI=1S/C22H21BrN5O6P/c1-31-35(29,30)33-14-28-8-2-3-18(22(28)24)19-11-17(27-34-19)9-15-4-5-21(26-12-15)32-13-16-6-7-25-20(23)10-16/h2-8,10-12,24H,9,13-14H2,1H3,(H,29,30)/p+1. The van der Waals surface area contributed by atoms with E-state index in [-0.39, 0.29) is 12.5 Å². The lowest BCUT2D eigenvalue weighted by molar-refractivity contribution is -0.711. The number of hydrogen-bond donors (Lipinski definition) is 2. The van der Waals surface area contributed by atoms with Crippen LogP contribution in [0.5, 0.6) is 5.88 Å². The second-order valence-electron chi connectivity index (χ2n) is 7.33. The molecule has 35 heavy (non-hydrogen) atoms. The van der Waals surface area contributed by atoms with Crippen molar-refractivity contribution in [3.8, 4) is 17.2 Å². The Hall–Kier alpha value is -3.15. The third kappa shape index (κ3) is 6.71. The number of anilines is 1. The quantitative estimate of drug-likeness (QED) is 0.167. The third-order valence-corrected chi connectivity index (χ3v) is 6.23. The summed E-state index contributed by atoms with van der Waals surface area (Å²) in [4.78, 5) is 17.9. The number of phosphoric ester groups is 1. The Labute approximate surface area is 209 Å². The molecule has 0 radical (unpaired) electrons. The van der Waals surface area contributed by atoms with E-state index in [1.807, 2.05) is 18.2 Å². The molecule has 4 aromatic rings. The van der Waals surface area contributed by atoms with Crippen molar-refractivity contribution < 1.29 is 32.3 Å². The summed E-state index contributed by atoms with van der Waals surface area (Å²) in [5.74, 6) is 1.23. The number of hydrogen-bond acceptors (Lipinski definition) is 9. The molecule has 11 nitrogen and oxygen atoms in total. The highest BCUT2D eigenvalue weighted by atomic mass is 79.9. The van der Waals surface area contributed by atoms with Gasteiger partial charge < -0.3 is 14.2 Å². The fraction of sp³-hybridized carbons (Fsp3) is 0.182. The van der Waals surface area contributed by atoms with E-state index in [0.29, 0.717) is 35.9 Å². The van der Waals surface area contributed by atoms with Crippen LogP contribution >= 0.6 is 23.8 Å². The first-order valence-corrected chi connectivity index (χ1v) is 12.6. The van der Waals surface area contributed by atoms with Gasteiger partial charge in [0, 0.05) is 38.1 Å². The van der Waals surface area contributed by atoms with Gasteiger partial charge in [0.15, 0.2) is 5.76 Å². The van der Waals surface area contributed by atoms with Crippen LogP contribution in [-0.4, -0.2) is 27.1 Å². The molecule has 0 bridgehead atoms. The molecule has 182 valence electrons. The molecule has 0 aliphatic carbocycles. The van der Waals surface area contributed by atoms with Crippen LogP contribution in [0.1, 0.15) is 16.8 Å². The number of ether oxygens (including phenoxy) is 1. The SMILES string of the molecule is COP(=O)(O)OC[n+]1cccc(-c2cc(Cc3ccc(OCc4ccnc(Br)c4)nc3)no2)c1N. The number of aromatic nitrogens is 4. The molecule has 4 aromatic heterocycles. The van der Waals surface area contributed by atoms with Gasteiger partial charge in [0.2, 0.25) is 12.6 Å². The zero-order valence-electron chi connectivity index (χ0n) is 18.6. The molecule has 0 aliphatic heterocycles. The third-order valence-electron chi connectivity index (χ3n) is 4.89. The van der Waals surface area contributed by atoms with Crippen LogP contribution in [0.25, 0.3) is 11.3 Å². The average molecular weight is 563 g/mol. The van der Waals surface area contributed by atoms with Crippen LogP contribution < -0.4 is 15.0 Å². The summed E-state index contributed by atoms with van der Waals surface area (Å²) in [5.41, 5.74) is 9.34. The molecule has 0 saturated carbocycles. The van der Waals surface area contributed by atoms with Gasteiger partial charge in [-0.3, -0.25) is 10.3 Å². The van der Waals surface area contributed by atoms with Gasteiger partial charge in [-0.05, 0) is 51.3 Å². The van der Waals surface area contributed by atoms with Gasteiger partial charge in [-0.2, -0.15) is 0 Å². The van der Waals surface area contributed by atoms with E-state index >= 15 is 0 Å². The molecule has 0 aromatic carbocycles. The molecule has 1 unspecified atom stereocenters. The van der Waals surface area contributed by atoms with Gasteiger partial charge >= 0.3 is 7.82 Å². The van der Waals surface area contributed by atoms with Gasteiger partial charge in [-0.25, -0.2) is 23.6 Å². The number of rotatable bonds is 10. The van der Waals surface area contributed by atoms with E-state index in [4.69, 9.17) is 19.5 Å². The topological polar surface area (TPSA) is 147 Å². The van der Waals surface area contributed by atoms with Crippen molar-refractivity contribution in [1.82, 2.24) is 15.1 Å². The minimum Gasteiger partial charge on any atom is -0.473 e. The first-order valence-electron chi connectivity index (χ1n) is 10.3. The largest absolute Gasteiger partial charge is 0.475 e. The summed E-state index contributed by atoms with van der Waals surface area (Å²) in [6.07, 6.45) is 5.52. The van der Waals surface area contributed by atoms with Crippen molar-refractivity contribution in [3.63, 3.8) is 0 Å². The second-order valence-corrected chi connectivity index (χ2v) is 9.70. The molecule has 3 N–H and O–H groups in total. The number of nitrogen functional groups attached to an aromatic ring is 1. The predicted molar refractivity (Wildman–Crippen MR) is 128 cm³/mol. The maximum atomic E-state index is 11.5. The van der Waals surface area contributed by atoms with Crippen LogP contribution in [0.3, 0.4) is 0 Å². The van der Waals surface area contributed by atoms with Crippen molar-refractivity contribution in [3.05, 3.63) is 82.5 Å². The van der Waals surface area contributed by atoms with E-state index < -0.39 is 7.82 Å². The Kier molecular flexibility index (Phi) is 7.89. The molecule has 0 amide bonds. The number of nitrogens with zero attached hydrogens (tertiary/aromatic N) is 4. The summed E-state index contributed by atoms with van der Waals surface area (Å²) in [5, 5.41) is 4.12. The van der Waals surface area contributed by atoms with Gasteiger partial charge in [0.05, 0.1) is 11.9 Å². The van der Waals surface area contributed by atoms with E-state index in [2.05, 4.69) is 35.6 Å². The summed E-state index contributed by atoms with van der Waals surface area (Å²) >= 11 is 3.34. The maximum absolute atomic E-state index is 11.5. The summed E-state index contributed by atoms with van der Waals surface area (Å²) < 4.78 is 34.2. The summed E-state index contributed by atoms with van der Waals surface area (Å²) in [7, 11) is -3.06. The number of pyridine rings is 3. The van der Waals surface area contributed by atoms with Crippen molar-refractivity contribution in [2.45, 2.75) is 19.8 Å². The Morgan fingerprint density at radius 2 is 2.06 bits per heavy atom. The fourth-order valence-corrected chi connectivity index (χ4v) is 3.88. The first-order chi connectivity index (χ1) is 16.8. The number of nitrogens with two attached hydrogens (primary N) is 1. The van der Waals surface area contributed by atoms with E-state index in [0.717, 1.165) is 22.8 Å². The van der Waals surface area contributed by atoms with Crippen LogP contribution in [-0.2, 0) is 33.4 Å². The van der Waals surface area contributed by atoms with Crippen LogP contribution in [0.15, 0.2) is 70.2 Å². The minimum atomic E-state index is -4.14. The van der Waals surface area contributed by atoms with Crippen LogP contribution in [0.2, 0.25) is 0 Å². The highest BCUT2D eigenvalue weighted by Crippen LogP contribution is 2.41. The van der Waals surface area contributed by atoms with Crippen molar-refractivity contribution in [1.29, 1.82) is 0 Å². The van der Waals surface area contributed by atoms with Crippen molar-refractivity contribution in [2.24, 2.45) is 0 Å². The van der Waals surface area contributed by atoms with Gasteiger partial charge in [0.1, 0.15) is 16.8 Å². The molecule has 4 heterocycles. The average Bonchev–Trinajstić information content (AvgIpc) is 3.31. The highest BCUT2D eigenvalue weighted by molar-refractivity contribution is 9.10. The molecule has 4 rings (SSSR count). The lowest BCUT2D eigenvalue weighted by atomic mass is 10.1. The van der Waals surface area contributed by atoms with Crippen LogP contribution in [0.4, 0.5) is 5.82 Å². The normalized spacial score (nSPS) is 12.9. The smallest absolute Gasteiger partial charge is 0.473 e. The second kappa shape index (κ2) is 11.1. The zero-order valence-corrected chi connectivity index (χ0v) is 21.1. The Morgan fingerprint density at radius 1 is 1.20 bits per heavy atom.